The first kappa shape index (κ1) is 14.9. The van der Waals surface area contributed by atoms with E-state index in [1.165, 1.54) is 0 Å². The molecule has 0 aliphatic heterocycles. The van der Waals surface area contributed by atoms with Crippen LogP contribution in [-0.4, -0.2) is 11.7 Å². The van der Waals surface area contributed by atoms with Gasteiger partial charge in [-0.3, -0.25) is 0 Å². The molecule has 3 nitrogen and oxygen atoms in total. The molecule has 0 unspecified atom stereocenters. The standard InChI is InChI=1S/C16H18ClNO2/c1-2-18-10-13-6-4-8-15(17)16(13)20-14-7-3-5-12(9-14)11-19/h3-9,18-19H,2,10-11H2,1H3. The fourth-order valence-corrected chi connectivity index (χ4v) is 2.12. The third-order valence-electron chi connectivity index (χ3n) is 2.91. The summed E-state index contributed by atoms with van der Waals surface area (Å²) in [6.07, 6.45) is 0. The molecule has 0 fully saturated rings. The molecule has 0 spiro atoms. The summed E-state index contributed by atoms with van der Waals surface area (Å²) >= 11 is 6.23. The van der Waals surface area contributed by atoms with Crippen molar-refractivity contribution in [1.29, 1.82) is 0 Å². The van der Waals surface area contributed by atoms with E-state index in [0.29, 0.717) is 23.1 Å². The number of halogens is 1. The number of para-hydroxylation sites is 1. The summed E-state index contributed by atoms with van der Waals surface area (Å²) in [5.74, 6) is 1.33. The van der Waals surface area contributed by atoms with E-state index in [1.54, 1.807) is 6.07 Å². The minimum atomic E-state index is -0.00995. The van der Waals surface area contributed by atoms with Crippen molar-refractivity contribution in [2.45, 2.75) is 20.1 Å². The van der Waals surface area contributed by atoms with Crippen molar-refractivity contribution in [2.24, 2.45) is 0 Å². The topological polar surface area (TPSA) is 41.5 Å². The van der Waals surface area contributed by atoms with Crippen LogP contribution >= 0.6 is 11.6 Å². The zero-order valence-electron chi connectivity index (χ0n) is 11.4. The smallest absolute Gasteiger partial charge is 0.150 e. The van der Waals surface area contributed by atoms with Gasteiger partial charge in [0.2, 0.25) is 0 Å². The van der Waals surface area contributed by atoms with Crippen LogP contribution in [0.2, 0.25) is 5.02 Å². The van der Waals surface area contributed by atoms with E-state index < -0.39 is 0 Å². The lowest BCUT2D eigenvalue weighted by atomic mass is 10.2. The van der Waals surface area contributed by atoms with E-state index in [2.05, 4.69) is 12.2 Å². The van der Waals surface area contributed by atoms with Gasteiger partial charge in [-0.25, -0.2) is 0 Å². The highest BCUT2D eigenvalue weighted by molar-refractivity contribution is 6.32. The maximum atomic E-state index is 9.16. The van der Waals surface area contributed by atoms with E-state index in [-0.39, 0.29) is 6.61 Å². The molecule has 2 N–H and O–H groups in total. The largest absolute Gasteiger partial charge is 0.455 e. The lowest BCUT2D eigenvalue weighted by molar-refractivity contribution is 0.281. The maximum absolute atomic E-state index is 9.16. The molecule has 2 aromatic carbocycles. The zero-order valence-corrected chi connectivity index (χ0v) is 12.2. The third kappa shape index (κ3) is 3.73. The van der Waals surface area contributed by atoms with Crippen LogP contribution in [0.4, 0.5) is 0 Å². The molecule has 0 saturated heterocycles. The Labute approximate surface area is 124 Å². The Morgan fingerprint density at radius 1 is 1.20 bits per heavy atom. The first-order chi connectivity index (χ1) is 9.74. The number of hydrogen-bond acceptors (Lipinski definition) is 3. The van der Waals surface area contributed by atoms with Crippen molar-refractivity contribution >= 4 is 11.6 Å². The lowest BCUT2D eigenvalue weighted by Gasteiger charge is -2.13. The Balaban J connectivity index is 2.27. The molecule has 0 aliphatic rings. The van der Waals surface area contributed by atoms with E-state index in [0.717, 1.165) is 17.7 Å². The van der Waals surface area contributed by atoms with Gasteiger partial charge in [-0.1, -0.05) is 42.8 Å². The molecular formula is C16H18ClNO2. The van der Waals surface area contributed by atoms with Crippen LogP contribution in [0, 0.1) is 0 Å². The number of aliphatic hydroxyl groups excluding tert-OH is 1. The molecular weight excluding hydrogens is 274 g/mol. The van der Waals surface area contributed by atoms with Gasteiger partial charge in [0.1, 0.15) is 11.5 Å². The minimum absolute atomic E-state index is 0.00995. The van der Waals surface area contributed by atoms with Crippen molar-refractivity contribution < 1.29 is 9.84 Å². The van der Waals surface area contributed by atoms with Gasteiger partial charge in [0.25, 0.3) is 0 Å². The van der Waals surface area contributed by atoms with Crippen molar-refractivity contribution in [3.8, 4) is 11.5 Å². The minimum Gasteiger partial charge on any atom is -0.455 e. The van der Waals surface area contributed by atoms with Crippen LogP contribution < -0.4 is 10.1 Å². The van der Waals surface area contributed by atoms with Gasteiger partial charge in [0, 0.05) is 12.1 Å². The number of rotatable bonds is 6. The number of benzene rings is 2. The predicted molar refractivity (Wildman–Crippen MR) is 81.3 cm³/mol. The van der Waals surface area contributed by atoms with Gasteiger partial charge in [-0.05, 0) is 30.3 Å². The second-order valence-corrected chi connectivity index (χ2v) is 4.82. The predicted octanol–water partition coefficient (Wildman–Crippen LogP) is 3.73. The van der Waals surface area contributed by atoms with Crippen LogP contribution in [0.25, 0.3) is 0 Å². The Hall–Kier alpha value is -1.55. The second kappa shape index (κ2) is 7.29. The fraction of sp³-hybridized carbons (Fsp3) is 0.250. The number of ether oxygens (including phenoxy) is 1. The van der Waals surface area contributed by atoms with Gasteiger partial charge in [0.15, 0.2) is 0 Å². The maximum Gasteiger partial charge on any atom is 0.150 e. The molecule has 0 aromatic heterocycles. The Kier molecular flexibility index (Phi) is 5.41. The number of aliphatic hydroxyl groups is 1. The lowest BCUT2D eigenvalue weighted by Crippen LogP contribution is -2.12. The second-order valence-electron chi connectivity index (χ2n) is 4.42. The molecule has 2 aromatic rings. The zero-order chi connectivity index (χ0) is 14.4. The molecule has 0 atom stereocenters. The summed E-state index contributed by atoms with van der Waals surface area (Å²) in [6, 6.07) is 13.1. The summed E-state index contributed by atoms with van der Waals surface area (Å²) in [5, 5.41) is 13.0. The summed E-state index contributed by atoms with van der Waals surface area (Å²) in [6.45, 7) is 3.62. The first-order valence-electron chi connectivity index (χ1n) is 6.60. The Bertz CT molecular complexity index is 572. The van der Waals surface area contributed by atoms with Crippen LogP contribution in [0.5, 0.6) is 11.5 Å². The first-order valence-corrected chi connectivity index (χ1v) is 6.98. The van der Waals surface area contributed by atoms with E-state index in [9.17, 15) is 0 Å². The Morgan fingerprint density at radius 2 is 2.00 bits per heavy atom. The molecule has 0 radical (unpaired) electrons. The summed E-state index contributed by atoms with van der Waals surface area (Å²) in [4.78, 5) is 0. The average molecular weight is 292 g/mol. The molecule has 0 heterocycles. The highest BCUT2D eigenvalue weighted by Gasteiger charge is 2.09. The fourth-order valence-electron chi connectivity index (χ4n) is 1.89. The van der Waals surface area contributed by atoms with Crippen molar-refractivity contribution in [3.05, 3.63) is 58.6 Å². The van der Waals surface area contributed by atoms with Crippen LogP contribution in [0.15, 0.2) is 42.5 Å². The van der Waals surface area contributed by atoms with Crippen molar-refractivity contribution in [2.75, 3.05) is 6.54 Å². The van der Waals surface area contributed by atoms with Crippen molar-refractivity contribution in [3.63, 3.8) is 0 Å². The summed E-state index contributed by atoms with van der Waals surface area (Å²) in [7, 11) is 0. The molecule has 0 amide bonds. The normalized spacial score (nSPS) is 10.6. The number of hydrogen-bond donors (Lipinski definition) is 2. The van der Waals surface area contributed by atoms with Crippen LogP contribution in [-0.2, 0) is 13.2 Å². The SMILES string of the molecule is CCNCc1cccc(Cl)c1Oc1cccc(CO)c1. The van der Waals surface area contributed by atoms with Gasteiger partial charge >= 0.3 is 0 Å². The molecule has 0 saturated carbocycles. The average Bonchev–Trinajstić information content (AvgIpc) is 2.48. The Morgan fingerprint density at radius 3 is 2.75 bits per heavy atom. The third-order valence-corrected chi connectivity index (χ3v) is 3.21. The van der Waals surface area contributed by atoms with E-state index >= 15 is 0 Å². The molecule has 2 rings (SSSR count). The highest BCUT2D eigenvalue weighted by atomic mass is 35.5. The molecule has 20 heavy (non-hydrogen) atoms. The molecule has 106 valence electrons. The van der Waals surface area contributed by atoms with E-state index in [1.807, 2.05) is 36.4 Å². The van der Waals surface area contributed by atoms with Gasteiger partial charge in [0.05, 0.1) is 11.6 Å². The van der Waals surface area contributed by atoms with Crippen LogP contribution in [0.3, 0.4) is 0 Å². The number of nitrogens with one attached hydrogen (secondary N) is 1. The molecule has 0 aliphatic carbocycles. The van der Waals surface area contributed by atoms with Gasteiger partial charge in [-0.2, -0.15) is 0 Å². The highest BCUT2D eigenvalue weighted by Crippen LogP contribution is 2.33. The summed E-state index contributed by atoms with van der Waals surface area (Å²) in [5.41, 5.74) is 1.82. The van der Waals surface area contributed by atoms with Crippen LogP contribution in [0.1, 0.15) is 18.1 Å². The molecule has 0 bridgehead atoms. The summed E-state index contributed by atoms with van der Waals surface area (Å²) < 4.78 is 5.90. The van der Waals surface area contributed by atoms with Crippen molar-refractivity contribution in [1.82, 2.24) is 5.32 Å². The quantitative estimate of drug-likeness (QED) is 0.852. The van der Waals surface area contributed by atoms with Gasteiger partial charge < -0.3 is 15.2 Å². The monoisotopic (exact) mass is 291 g/mol. The molecule has 4 heteroatoms. The van der Waals surface area contributed by atoms with Gasteiger partial charge in [-0.15, -0.1) is 0 Å². The van der Waals surface area contributed by atoms with E-state index in [4.69, 9.17) is 21.4 Å².